The summed E-state index contributed by atoms with van der Waals surface area (Å²) >= 11 is 1.56. The highest BCUT2D eigenvalue weighted by Gasteiger charge is 2.14. The molecule has 0 saturated heterocycles. The molecule has 0 aliphatic rings. The maximum atomic E-state index is 11.2. The highest BCUT2D eigenvalue weighted by Crippen LogP contribution is 2.34. The summed E-state index contributed by atoms with van der Waals surface area (Å²) in [5, 5.41) is 13.8. The van der Waals surface area contributed by atoms with E-state index in [1.807, 2.05) is 67.8 Å². The van der Waals surface area contributed by atoms with Crippen molar-refractivity contribution in [2.45, 2.75) is 20.5 Å². The Kier molecular flexibility index (Phi) is 8.20. The van der Waals surface area contributed by atoms with Crippen LogP contribution in [0.1, 0.15) is 25.1 Å². The van der Waals surface area contributed by atoms with Gasteiger partial charge in [0.15, 0.2) is 0 Å². The van der Waals surface area contributed by atoms with Gasteiger partial charge in [-0.2, -0.15) is 0 Å². The summed E-state index contributed by atoms with van der Waals surface area (Å²) in [5.41, 5.74) is 2.49. The number of ether oxygens (including phenoxy) is 2. The molecule has 0 N–H and O–H groups in total. The summed E-state index contributed by atoms with van der Waals surface area (Å²) in [6, 6.07) is 16.4. The average molecular weight is 437 g/mol. The smallest absolute Gasteiger partial charge is 0.270 e. The van der Waals surface area contributed by atoms with E-state index in [0.29, 0.717) is 36.5 Å². The number of hydrogen-bond acceptors (Lipinski definition) is 6. The number of allylic oxidation sites excluding steroid dienone is 2. The van der Waals surface area contributed by atoms with Crippen LogP contribution in [-0.2, 0) is 11.3 Å². The Bertz CT molecular complexity index is 1100. The predicted molar refractivity (Wildman–Crippen MR) is 126 cm³/mol. The Balaban J connectivity index is 1.81. The first-order valence-corrected chi connectivity index (χ1v) is 10.8. The molecule has 6 nitrogen and oxygen atoms in total. The van der Waals surface area contributed by atoms with Gasteiger partial charge in [0.2, 0.25) is 0 Å². The molecule has 0 radical (unpaired) electrons. The van der Waals surface area contributed by atoms with Gasteiger partial charge in [-0.3, -0.25) is 10.1 Å². The third kappa shape index (κ3) is 6.16. The number of rotatable bonds is 10. The second-order valence-electron chi connectivity index (χ2n) is 6.59. The van der Waals surface area contributed by atoms with E-state index in [2.05, 4.69) is 4.98 Å². The van der Waals surface area contributed by atoms with Crippen molar-refractivity contribution < 1.29 is 14.4 Å². The molecule has 0 unspecified atom stereocenters. The normalized spacial score (nSPS) is 11.9. The Labute approximate surface area is 185 Å². The Hall–Kier alpha value is -3.16. The third-order valence-electron chi connectivity index (χ3n) is 4.41. The lowest BCUT2D eigenvalue weighted by Gasteiger charge is -2.13. The molecule has 3 rings (SSSR count). The van der Waals surface area contributed by atoms with Gasteiger partial charge in [-0.1, -0.05) is 54.2 Å². The molecule has 1 aromatic heterocycles. The first-order chi connectivity index (χ1) is 15.1. The van der Waals surface area contributed by atoms with Crippen molar-refractivity contribution in [3.8, 4) is 5.75 Å². The van der Waals surface area contributed by atoms with Crippen LogP contribution in [0.4, 0.5) is 5.69 Å². The van der Waals surface area contributed by atoms with Crippen molar-refractivity contribution in [2.24, 2.45) is 0 Å². The molecule has 31 heavy (non-hydrogen) atoms. The second-order valence-corrected chi connectivity index (χ2v) is 7.54. The number of aromatic nitrogens is 1. The minimum Gasteiger partial charge on any atom is -0.490 e. The fourth-order valence-electron chi connectivity index (χ4n) is 2.93. The molecule has 0 atom stereocenters. The van der Waals surface area contributed by atoms with Crippen LogP contribution >= 0.6 is 11.8 Å². The number of non-ortho nitro benzene ring substituents is 1. The number of nitro benzene ring substituents is 1. The van der Waals surface area contributed by atoms with Crippen LogP contribution in [0.25, 0.3) is 15.8 Å². The summed E-state index contributed by atoms with van der Waals surface area (Å²) in [7, 11) is 0. The second kappa shape index (κ2) is 11.3. The predicted octanol–water partition coefficient (Wildman–Crippen LogP) is 6.37. The number of pyridine rings is 1. The standard InChI is InChI=1S/C24H24N2O4S/c1-3-14-31-24(4-2)22-16-23(20-15-19(26(27)28)10-11-21(20)25-22)30-13-12-29-17-18-8-6-5-7-9-18/h3-11,14-16H,12-13,17H2,1-2H3/b14-3-,24-4-. The highest BCUT2D eigenvalue weighted by molar-refractivity contribution is 8.10. The van der Waals surface area contributed by atoms with Gasteiger partial charge in [-0.25, -0.2) is 4.98 Å². The summed E-state index contributed by atoms with van der Waals surface area (Å²) in [4.78, 5) is 16.5. The molecule has 0 aliphatic heterocycles. The maximum Gasteiger partial charge on any atom is 0.270 e. The van der Waals surface area contributed by atoms with Crippen LogP contribution in [0, 0.1) is 10.1 Å². The molecule has 0 spiro atoms. The first-order valence-electron chi connectivity index (χ1n) is 9.90. The lowest BCUT2D eigenvalue weighted by Crippen LogP contribution is -2.07. The Morgan fingerprint density at radius 1 is 1.13 bits per heavy atom. The highest BCUT2D eigenvalue weighted by atomic mass is 32.2. The monoisotopic (exact) mass is 436 g/mol. The van der Waals surface area contributed by atoms with Crippen molar-refractivity contribution in [2.75, 3.05) is 13.2 Å². The van der Waals surface area contributed by atoms with Gasteiger partial charge in [0, 0.05) is 28.5 Å². The maximum absolute atomic E-state index is 11.2. The minimum atomic E-state index is -0.417. The van der Waals surface area contributed by atoms with Crippen LogP contribution in [-0.4, -0.2) is 23.1 Å². The van der Waals surface area contributed by atoms with E-state index in [1.165, 1.54) is 12.1 Å². The number of benzene rings is 2. The summed E-state index contributed by atoms with van der Waals surface area (Å²) in [6.07, 6.45) is 3.94. The van der Waals surface area contributed by atoms with Gasteiger partial charge in [0.1, 0.15) is 12.4 Å². The van der Waals surface area contributed by atoms with Crippen LogP contribution in [0.2, 0.25) is 0 Å². The van der Waals surface area contributed by atoms with Gasteiger partial charge in [-0.15, -0.1) is 0 Å². The number of nitro groups is 1. The molecule has 0 saturated carbocycles. The van der Waals surface area contributed by atoms with E-state index in [-0.39, 0.29) is 5.69 Å². The Morgan fingerprint density at radius 3 is 2.65 bits per heavy atom. The number of thioether (sulfide) groups is 1. The van der Waals surface area contributed by atoms with Crippen molar-refractivity contribution in [1.29, 1.82) is 0 Å². The van der Waals surface area contributed by atoms with Gasteiger partial charge in [-0.05, 0) is 30.9 Å². The Morgan fingerprint density at radius 2 is 1.94 bits per heavy atom. The number of nitrogens with zero attached hydrogens (tertiary/aromatic N) is 2. The molecule has 2 aromatic carbocycles. The third-order valence-corrected chi connectivity index (χ3v) is 5.51. The van der Waals surface area contributed by atoms with E-state index in [4.69, 9.17) is 9.47 Å². The number of fused-ring (bicyclic) bond motifs is 1. The van der Waals surface area contributed by atoms with Crippen LogP contribution < -0.4 is 4.74 Å². The molecular formula is C24H24N2O4S. The van der Waals surface area contributed by atoms with Crippen molar-refractivity contribution in [1.82, 2.24) is 4.98 Å². The van der Waals surface area contributed by atoms with E-state index in [1.54, 1.807) is 17.8 Å². The van der Waals surface area contributed by atoms with Crippen molar-refractivity contribution in [3.05, 3.63) is 93.5 Å². The van der Waals surface area contributed by atoms with Gasteiger partial charge in [0.25, 0.3) is 5.69 Å². The van der Waals surface area contributed by atoms with Crippen LogP contribution in [0.5, 0.6) is 5.75 Å². The van der Waals surface area contributed by atoms with E-state index in [9.17, 15) is 10.1 Å². The molecule has 0 bridgehead atoms. The van der Waals surface area contributed by atoms with Crippen LogP contribution in [0.3, 0.4) is 0 Å². The lowest BCUT2D eigenvalue weighted by molar-refractivity contribution is -0.384. The van der Waals surface area contributed by atoms with Crippen molar-refractivity contribution >= 4 is 33.3 Å². The molecule has 0 aliphatic carbocycles. The summed E-state index contributed by atoms with van der Waals surface area (Å²) < 4.78 is 11.7. The molecule has 0 amide bonds. The van der Waals surface area contributed by atoms with Gasteiger partial charge < -0.3 is 9.47 Å². The zero-order valence-corrected chi connectivity index (χ0v) is 18.3. The van der Waals surface area contributed by atoms with Crippen molar-refractivity contribution in [3.63, 3.8) is 0 Å². The molecule has 7 heteroatoms. The SMILES string of the molecule is C/C=C\S/C(=C\C)c1cc(OCCOCc2ccccc2)c2cc([N+](=O)[O-])ccc2n1. The van der Waals surface area contributed by atoms with E-state index >= 15 is 0 Å². The lowest BCUT2D eigenvalue weighted by atomic mass is 10.1. The van der Waals surface area contributed by atoms with Crippen LogP contribution in [0.15, 0.2) is 72.2 Å². The molecule has 160 valence electrons. The number of hydrogen-bond donors (Lipinski definition) is 0. The van der Waals surface area contributed by atoms with E-state index in [0.717, 1.165) is 16.2 Å². The molecule has 1 heterocycles. The van der Waals surface area contributed by atoms with Gasteiger partial charge >= 0.3 is 0 Å². The summed E-state index contributed by atoms with van der Waals surface area (Å²) in [6.45, 7) is 5.12. The summed E-state index contributed by atoms with van der Waals surface area (Å²) in [5.74, 6) is 0.549. The fourth-order valence-corrected chi connectivity index (χ4v) is 3.58. The molecule has 3 aromatic rings. The minimum absolute atomic E-state index is 0.00164. The molecule has 0 fully saturated rings. The van der Waals surface area contributed by atoms with Gasteiger partial charge in [0.05, 0.1) is 29.3 Å². The fraction of sp³-hybridized carbons (Fsp3) is 0.208. The topological polar surface area (TPSA) is 74.5 Å². The largest absolute Gasteiger partial charge is 0.490 e. The average Bonchev–Trinajstić information content (AvgIpc) is 2.79. The molecular weight excluding hydrogens is 412 g/mol. The zero-order chi connectivity index (χ0) is 22.1. The van der Waals surface area contributed by atoms with E-state index < -0.39 is 4.92 Å². The quantitative estimate of drug-likeness (QED) is 0.209. The zero-order valence-electron chi connectivity index (χ0n) is 17.5. The first kappa shape index (κ1) is 22.5.